The van der Waals surface area contributed by atoms with Gasteiger partial charge in [0.2, 0.25) is 5.82 Å². The van der Waals surface area contributed by atoms with Gasteiger partial charge in [0.15, 0.2) is 0 Å². The van der Waals surface area contributed by atoms with E-state index in [0.717, 1.165) is 10.0 Å². The van der Waals surface area contributed by atoms with E-state index in [1.165, 1.54) is 12.8 Å². The van der Waals surface area contributed by atoms with Crippen LogP contribution >= 0.6 is 15.9 Å². The van der Waals surface area contributed by atoms with Crippen LogP contribution < -0.4 is 5.73 Å². The summed E-state index contributed by atoms with van der Waals surface area (Å²) in [6.45, 7) is 2.63. The number of rotatable bonds is 5. The number of benzene rings is 1. The molecule has 1 aliphatic carbocycles. The molecule has 0 aliphatic heterocycles. The molecule has 1 aliphatic rings. The largest absolute Gasteiger partial charge is 0.398 e. The summed E-state index contributed by atoms with van der Waals surface area (Å²) in [5.41, 5.74) is 7.33. The summed E-state index contributed by atoms with van der Waals surface area (Å²) < 4.78 is 11.9. The quantitative estimate of drug-likeness (QED) is 0.844. The highest BCUT2D eigenvalue weighted by Gasteiger charge is 2.36. The molecule has 1 fully saturated rings. The second-order valence-electron chi connectivity index (χ2n) is 4.91. The van der Waals surface area contributed by atoms with Gasteiger partial charge in [-0.15, -0.1) is 0 Å². The number of halogens is 1. The van der Waals surface area contributed by atoms with Crippen LogP contribution in [0.4, 0.5) is 5.69 Å². The summed E-state index contributed by atoms with van der Waals surface area (Å²) in [4.78, 5) is 4.46. The molecule has 106 valence electrons. The lowest BCUT2D eigenvalue weighted by atomic mass is 10.2. The third kappa shape index (κ3) is 2.71. The molecule has 2 aromatic rings. The van der Waals surface area contributed by atoms with E-state index < -0.39 is 0 Å². The molecule has 1 aromatic carbocycles. The fourth-order valence-electron chi connectivity index (χ4n) is 2.14. The smallest absolute Gasteiger partial charge is 0.258 e. The number of nitrogens with two attached hydrogens (primary N) is 1. The van der Waals surface area contributed by atoms with Crippen LogP contribution in [0.1, 0.15) is 31.7 Å². The Hall–Kier alpha value is -1.40. The van der Waals surface area contributed by atoms with E-state index in [1.807, 2.05) is 25.1 Å². The van der Waals surface area contributed by atoms with E-state index in [1.54, 1.807) is 0 Å². The SMILES string of the molecule is CCOC(c1noc(-c2ccc(Br)c(N)c2)n1)C1CC1. The van der Waals surface area contributed by atoms with Crippen LogP contribution in [-0.4, -0.2) is 16.7 Å². The molecule has 1 heterocycles. The number of hydrogen-bond acceptors (Lipinski definition) is 5. The number of nitrogen functional groups attached to an aromatic ring is 1. The maximum absolute atomic E-state index is 5.87. The van der Waals surface area contributed by atoms with Gasteiger partial charge in [-0.3, -0.25) is 0 Å². The van der Waals surface area contributed by atoms with E-state index in [-0.39, 0.29) is 6.10 Å². The Morgan fingerprint density at radius 1 is 1.50 bits per heavy atom. The molecule has 1 unspecified atom stereocenters. The highest BCUT2D eigenvalue weighted by atomic mass is 79.9. The second-order valence-corrected chi connectivity index (χ2v) is 5.76. The van der Waals surface area contributed by atoms with Gasteiger partial charge in [0.25, 0.3) is 5.89 Å². The molecule has 20 heavy (non-hydrogen) atoms. The summed E-state index contributed by atoms with van der Waals surface area (Å²) in [6.07, 6.45) is 2.28. The van der Waals surface area contributed by atoms with Crippen molar-refractivity contribution in [3.05, 3.63) is 28.5 Å². The Morgan fingerprint density at radius 2 is 2.30 bits per heavy atom. The van der Waals surface area contributed by atoms with Gasteiger partial charge in [-0.1, -0.05) is 5.16 Å². The van der Waals surface area contributed by atoms with E-state index in [4.69, 9.17) is 15.0 Å². The summed E-state index contributed by atoms with van der Waals surface area (Å²) in [6, 6.07) is 5.58. The van der Waals surface area contributed by atoms with Gasteiger partial charge < -0.3 is 15.0 Å². The minimum atomic E-state index is -0.0507. The zero-order chi connectivity index (χ0) is 14.1. The normalized spacial score (nSPS) is 16.3. The van der Waals surface area contributed by atoms with Gasteiger partial charge in [-0.05, 0) is 59.8 Å². The molecule has 0 spiro atoms. The van der Waals surface area contributed by atoms with Crippen LogP contribution in [-0.2, 0) is 4.74 Å². The number of hydrogen-bond donors (Lipinski definition) is 1. The summed E-state index contributed by atoms with van der Waals surface area (Å²) in [5.74, 6) is 1.63. The Kier molecular flexibility index (Phi) is 3.76. The van der Waals surface area contributed by atoms with Crippen LogP contribution in [0, 0.1) is 5.92 Å². The van der Waals surface area contributed by atoms with Gasteiger partial charge >= 0.3 is 0 Å². The molecular formula is C14H16BrN3O2. The number of anilines is 1. The summed E-state index contributed by atoms with van der Waals surface area (Å²) in [7, 11) is 0. The number of nitrogens with zero attached hydrogens (tertiary/aromatic N) is 2. The van der Waals surface area contributed by atoms with Gasteiger partial charge in [0.1, 0.15) is 6.10 Å². The molecule has 0 radical (unpaired) electrons. The fraction of sp³-hybridized carbons (Fsp3) is 0.429. The molecule has 0 amide bonds. The van der Waals surface area contributed by atoms with Crippen molar-refractivity contribution in [2.75, 3.05) is 12.3 Å². The summed E-state index contributed by atoms with van der Waals surface area (Å²) >= 11 is 3.37. The Labute approximate surface area is 125 Å². The van der Waals surface area contributed by atoms with E-state index >= 15 is 0 Å². The van der Waals surface area contributed by atoms with Crippen molar-refractivity contribution in [1.29, 1.82) is 0 Å². The van der Waals surface area contributed by atoms with Crippen LogP contribution in [0.3, 0.4) is 0 Å². The summed E-state index contributed by atoms with van der Waals surface area (Å²) in [5, 5.41) is 4.06. The Morgan fingerprint density at radius 3 is 2.95 bits per heavy atom. The molecule has 2 N–H and O–H groups in total. The standard InChI is InChI=1S/C14H16BrN3O2/c1-2-19-12(8-3-4-8)13-17-14(20-18-13)9-5-6-10(15)11(16)7-9/h5-8,12H,2-4,16H2,1H3. The van der Waals surface area contributed by atoms with Crippen molar-refractivity contribution >= 4 is 21.6 Å². The van der Waals surface area contributed by atoms with E-state index in [9.17, 15) is 0 Å². The van der Waals surface area contributed by atoms with E-state index in [2.05, 4.69) is 26.1 Å². The van der Waals surface area contributed by atoms with Crippen molar-refractivity contribution in [3.8, 4) is 11.5 Å². The first-order chi connectivity index (χ1) is 9.69. The van der Waals surface area contributed by atoms with Crippen LogP contribution in [0.25, 0.3) is 11.5 Å². The maximum Gasteiger partial charge on any atom is 0.258 e. The van der Waals surface area contributed by atoms with Crippen molar-refractivity contribution in [1.82, 2.24) is 10.1 Å². The lowest BCUT2D eigenvalue weighted by molar-refractivity contribution is 0.0385. The fourth-order valence-corrected chi connectivity index (χ4v) is 2.39. The highest BCUT2D eigenvalue weighted by Crippen LogP contribution is 2.42. The predicted octanol–water partition coefficient (Wildman–Crippen LogP) is 3.57. The molecule has 1 saturated carbocycles. The van der Waals surface area contributed by atoms with Crippen LogP contribution in [0.5, 0.6) is 0 Å². The van der Waals surface area contributed by atoms with Crippen molar-refractivity contribution in [2.45, 2.75) is 25.9 Å². The van der Waals surface area contributed by atoms with Crippen molar-refractivity contribution in [3.63, 3.8) is 0 Å². The van der Waals surface area contributed by atoms with Gasteiger partial charge in [-0.2, -0.15) is 4.98 Å². The third-order valence-electron chi connectivity index (χ3n) is 3.34. The first kappa shape index (κ1) is 13.6. The molecule has 1 aromatic heterocycles. The molecule has 3 rings (SSSR count). The topological polar surface area (TPSA) is 74.2 Å². The van der Waals surface area contributed by atoms with Crippen LogP contribution in [0.15, 0.2) is 27.2 Å². The minimum Gasteiger partial charge on any atom is -0.398 e. The average molecular weight is 338 g/mol. The molecule has 1 atom stereocenters. The lowest BCUT2D eigenvalue weighted by Gasteiger charge is -2.10. The van der Waals surface area contributed by atoms with Crippen molar-refractivity contribution < 1.29 is 9.26 Å². The molecule has 0 bridgehead atoms. The first-order valence-electron chi connectivity index (χ1n) is 6.69. The van der Waals surface area contributed by atoms with Gasteiger partial charge in [0.05, 0.1) is 0 Å². The maximum atomic E-state index is 5.87. The monoisotopic (exact) mass is 337 g/mol. The zero-order valence-electron chi connectivity index (χ0n) is 11.2. The average Bonchev–Trinajstić information content (AvgIpc) is 3.16. The molecule has 0 saturated heterocycles. The van der Waals surface area contributed by atoms with Crippen LogP contribution in [0.2, 0.25) is 0 Å². The number of ether oxygens (including phenoxy) is 1. The Bertz CT molecular complexity index is 610. The third-order valence-corrected chi connectivity index (χ3v) is 4.06. The van der Waals surface area contributed by atoms with Gasteiger partial charge in [-0.25, -0.2) is 0 Å². The molecule has 5 nitrogen and oxygen atoms in total. The van der Waals surface area contributed by atoms with Gasteiger partial charge in [0, 0.05) is 22.3 Å². The molecular weight excluding hydrogens is 322 g/mol. The second kappa shape index (κ2) is 5.54. The first-order valence-corrected chi connectivity index (χ1v) is 7.49. The Balaban J connectivity index is 1.86. The van der Waals surface area contributed by atoms with E-state index in [0.29, 0.717) is 29.9 Å². The molecule has 6 heteroatoms. The highest BCUT2D eigenvalue weighted by molar-refractivity contribution is 9.10. The number of aromatic nitrogens is 2. The minimum absolute atomic E-state index is 0.0507. The lowest BCUT2D eigenvalue weighted by Crippen LogP contribution is -2.08. The predicted molar refractivity (Wildman–Crippen MR) is 78.9 cm³/mol. The van der Waals surface area contributed by atoms with Crippen molar-refractivity contribution in [2.24, 2.45) is 5.92 Å². The zero-order valence-corrected chi connectivity index (χ0v) is 12.8.